The molecule has 2 aliphatic rings. The Bertz CT molecular complexity index is 1060. The minimum atomic E-state index is -1.01. The van der Waals surface area contributed by atoms with Gasteiger partial charge in [0.05, 0.1) is 17.0 Å². The lowest BCUT2D eigenvalue weighted by Crippen LogP contribution is -2.43. The summed E-state index contributed by atoms with van der Waals surface area (Å²) in [6.07, 6.45) is 0.0599. The second kappa shape index (κ2) is 9.06. The largest absolute Gasteiger partial charge is 0.382 e. The number of likely N-dealkylation sites (tertiary alicyclic amines) is 1. The van der Waals surface area contributed by atoms with Crippen LogP contribution in [0.1, 0.15) is 42.6 Å². The van der Waals surface area contributed by atoms with Crippen LogP contribution in [0.5, 0.6) is 0 Å². The van der Waals surface area contributed by atoms with Gasteiger partial charge in [-0.15, -0.1) is 0 Å². The molecule has 1 fully saturated rings. The number of anilines is 1. The zero-order valence-corrected chi connectivity index (χ0v) is 18.0. The number of hydrogen-bond donors (Lipinski definition) is 1. The first kappa shape index (κ1) is 21.9. The van der Waals surface area contributed by atoms with E-state index in [1.807, 2.05) is 4.90 Å². The van der Waals surface area contributed by atoms with Crippen LogP contribution in [-0.4, -0.2) is 41.6 Å². The van der Waals surface area contributed by atoms with E-state index < -0.39 is 23.6 Å². The van der Waals surface area contributed by atoms with Gasteiger partial charge in [0.15, 0.2) is 0 Å². The molecule has 2 amide bonds. The Kier molecular flexibility index (Phi) is 6.21. The van der Waals surface area contributed by atoms with E-state index >= 15 is 0 Å². The number of nitrogens with zero attached hydrogens (tertiary/aromatic N) is 2. The van der Waals surface area contributed by atoms with E-state index in [1.165, 1.54) is 0 Å². The van der Waals surface area contributed by atoms with Crippen molar-refractivity contribution in [1.29, 1.82) is 0 Å². The number of oxime groups is 1. The number of hydrogen-bond acceptors (Lipinski definition) is 4. The van der Waals surface area contributed by atoms with E-state index in [4.69, 9.17) is 4.84 Å². The maximum atomic E-state index is 14.0. The number of nitrogens with one attached hydrogen (secondary N) is 1. The number of para-hydroxylation sites is 1. The standard InChI is InChI=1S/C24H25F2N3O3/c1-14-9-15(2)13-29(12-14)24(31)17-5-3-4-6-20(17)27-23(30)22-11-21(28-32-22)18-10-16(25)7-8-19(18)26/h3-8,10,14-15,22H,9,11-13H2,1-2H3,(H,27,30)/t14-,15+,22-/m1/s1. The topological polar surface area (TPSA) is 71.0 Å². The third kappa shape index (κ3) is 4.64. The van der Waals surface area contributed by atoms with E-state index in [9.17, 15) is 18.4 Å². The van der Waals surface area contributed by atoms with Gasteiger partial charge in [-0.1, -0.05) is 31.1 Å². The molecule has 0 bridgehead atoms. The van der Waals surface area contributed by atoms with E-state index in [-0.39, 0.29) is 23.6 Å². The molecule has 2 aromatic rings. The Balaban J connectivity index is 1.46. The van der Waals surface area contributed by atoms with Crippen LogP contribution in [-0.2, 0) is 9.63 Å². The number of rotatable bonds is 4. The molecule has 0 aliphatic carbocycles. The van der Waals surface area contributed by atoms with Crippen molar-refractivity contribution in [2.45, 2.75) is 32.8 Å². The van der Waals surface area contributed by atoms with Gasteiger partial charge in [0.1, 0.15) is 11.6 Å². The van der Waals surface area contributed by atoms with Crippen LogP contribution in [0.15, 0.2) is 47.6 Å². The van der Waals surface area contributed by atoms with Crippen LogP contribution >= 0.6 is 0 Å². The van der Waals surface area contributed by atoms with Crippen molar-refractivity contribution in [2.24, 2.45) is 17.0 Å². The van der Waals surface area contributed by atoms with Gasteiger partial charge < -0.3 is 15.1 Å². The minimum absolute atomic E-state index is 0.0104. The Morgan fingerprint density at radius 2 is 1.81 bits per heavy atom. The molecule has 2 heterocycles. The molecule has 0 aromatic heterocycles. The molecule has 168 valence electrons. The summed E-state index contributed by atoms with van der Waals surface area (Å²) in [5, 5.41) is 6.51. The van der Waals surface area contributed by atoms with Crippen molar-refractivity contribution >= 4 is 23.2 Å². The highest BCUT2D eigenvalue weighted by molar-refractivity contribution is 6.08. The summed E-state index contributed by atoms with van der Waals surface area (Å²) < 4.78 is 27.5. The van der Waals surface area contributed by atoms with Gasteiger partial charge in [-0.05, 0) is 48.6 Å². The van der Waals surface area contributed by atoms with Gasteiger partial charge >= 0.3 is 0 Å². The Labute approximate surface area is 185 Å². The first-order valence-electron chi connectivity index (χ1n) is 10.7. The molecule has 0 spiro atoms. The summed E-state index contributed by atoms with van der Waals surface area (Å²) in [4.78, 5) is 33.0. The molecule has 4 rings (SSSR count). The molecule has 6 nitrogen and oxygen atoms in total. The van der Waals surface area contributed by atoms with E-state index in [1.54, 1.807) is 24.3 Å². The Hall–Kier alpha value is -3.29. The van der Waals surface area contributed by atoms with Crippen LogP contribution < -0.4 is 5.32 Å². The number of amides is 2. The van der Waals surface area contributed by atoms with Crippen molar-refractivity contribution in [2.75, 3.05) is 18.4 Å². The molecule has 0 unspecified atom stereocenters. The van der Waals surface area contributed by atoms with E-state index in [0.29, 0.717) is 36.2 Å². The fourth-order valence-electron chi connectivity index (χ4n) is 4.39. The molecular weight excluding hydrogens is 416 g/mol. The molecule has 32 heavy (non-hydrogen) atoms. The summed E-state index contributed by atoms with van der Waals surface area (Å²) in [5.41, 5.74) is 0.895. The number of benzene rings is 2. The molecular formula is C24H25F2N3O3. The summed E-state index contributed by atoms with van der Waals surface area (Å²) in [6, 6.07) is 9.85. The number of piperidine rings is 1. The van der Waals surface area contributed by atoms with Crippen molar-refractivity contribution in [3.8, 4) is 0 Å². The molecule has 0 saturated carbocycles. The predicted molar refractivity (Wildman–Crippen MR) is 116 cm³/mol. The molecule has 2 aromatic carbocycles. The van der Waals surface area contributed by atoms with Gasteiger partial charge in [0.2, 0.25) is 6.10 Å². The zero-order valence-electron chi connectivity index (χ0n) is 18.0. The molecule has 1 N–H and O–H groups in total. The number of carbonyl (C=O) groups excluding carboxylic acids is 2. The quantitative estimate of drug-likeness (QED) is 0.773. The third-order valence-corrected chi connectivity index (χ3v) is 5.77. The second-order valence-corrected chi connectivity index (χ2v) is 8.65. The predicted octanol–water partition coefficient (Wildman–Crippen LogP) is 4.21. The van der Waals surface area contributed by atoms with Crippen molar-refractivity contribution in [3.05, 3.63) is 65.2 Å². The van der Waals surface area contributed by atoms with Crippen LogP contribution in [0.3, 0.4) is 0 Å². The maximum absolute atomic E-state index is 14.0. The monoisotopic (exact) mass is 441 g/mol. The first-order valence-corrected chi connectivity index (χ1v) is 10.7. The summed E-state index contributed by atoms with van der Waals surface area (Å²) >= 11 is 0. The van der Waals surface area contributed by atoms with Crippen LogP contribution in [0.2, 0.25) is 0 Å². The summed E-state index contributed by atoms with van der Waals surface area (Å²) in [5.74, 6) is -1.07. The lowest BCUT2D eigenvalue weighted by atomic mass is 9.91. The highest BCUT2D eigenvalue weighted by Gasteiger charge is 2.32. The van der Waals surface area contributed by atoms with E-state index in [2.05, 4.69) is 24.3 Å². The fraction of sp³-hybridized carbons (Fsp3) is 0.375. The Morgan fingerprint density at radius 3 is 2.56 bits per heavy atom. The Morgan fingerprint density at radius 1 is 1.09 bits per heavy atom. The second-order valence-electron chi connectivity index (χ2n) is 8.65. The zero-order chi connectivity index (χ0) is 22.8. The average Bonchev–Trinajstić information content (AvgIpc) is 3.25. The molecule has 3 atom stereocenters. The maximum Gasteiger partial charge on any atom is 0.268 e. The van der Waals surface area contributed by atoms with Crippen molar-refractivity contribution in [1.82, 2.24) is 4.90 Å². The third-order valence-electron chi connectivity index (χ3n) is 5.77. The highest BCUT2D eigenvalue weighted by atomic mass is 19.1. The van der Waals surface area contributed by atoms with Crippen molar-refractivity contribution < 1.29 is 23.2 Å². The molecule has 0 radical (unpaired) electrons. The van der Waals surface area contributed by atoms with Crippen molar-refractivity contribution in [3.63, 3.8) is 0 Å². The normalized spacial score (nSPS) is 22.8. The molecule has 8 heteroatoms. The smallest absolute Gasteiger partial charge is 0.268 e. The van der Waals surface area contributed by atoms with Crippen LogP contribution in [0, 0.1) is 23.5 Å². The van der Waals surface area contributed by atoms with Crippen LogP contribution in [0.25, 0.3) is 0 Å². The molecule has 2 aliphatic heterocycles. The van der Waals surface area contributed by atoms with Gasteiger partial charge in [-0.25, -0.2) is 8.78 Å². The van der Waals surface area contributed by atoms with Gasteiger partial charge in [-0.2, -0.15) is 0 Å². The summed E-state index contributed by atoms with van der Waals surface area (Å²) in [7, 11) is 0. The fourth-order valence-corrected chi connectivity index (χ4v) is 4.39. The average molecular weight is 441 g/mol. The SMILES string of the molecule is C[C@@H]1C[C@H](C)CN(C(=O)c2ccccc2NC(=O)[C@H]2CC(c3cc(F)ccc3F)=NO2)C1. The summed E-state index contributed by atoms with van der Waals surface area (Å²) in [6.45, 7) is 5.60. The lowest BCUT2D eigenvalue weighted by Gasteiger charge is -2.35. The minimum Gasteiger partial charge on any atom is -0.382 e. The van der Waals surface area contributed by atoms with Gasteiger partial charge in [0.25, 0.3) is 11.8 Å². The van der Waals surface area contributed by atoms with Gasteiger partial charge in [0, 0.05) is 25.1 Å². The van der Waals surface area contributed by atoms with E-state index in [0.717, 1.165) is 24.6 Å². The number of carbonyl (C=O) groups is 2. The highest BCUT2D eigenvalue weighted by Crippen LogP contribution is 2.26. The number of halogens is 2. The van der Waals surface area contributed by atoms with Gasteiger partial charge in [-0.3, -0.25) is 9.59 Å². The first-order chi connectivity index (χ1) is 15.3. The molecule has 1 saturated heterocycles. The lowest BCUT2D eigenvalue weighted by molar-refractivity contribution is -0.125. The van der Waals surface area contributed by atoms with Crippen LogP contribution in [0.4, 0.5) is 14.5 Å².